The predicted molar refractivity (Wildman–Crippen MR) is 110 cm³/mol. The van der Waals surface area contributed by atoms with Gasteiger partial charge in [-0.15, -0.1) is 12.4 Å². The summed E-state index contributed by atoms with van der Waals surface area (Å²) in [5.74, 6) is 0.632. The second-order valence-electron chi connectivity index (χ2n) is 7.14. The Hall–Kier alpha value is -1.84. The van der Waals surface area contributed by atoms with Gasteiger partial charge in [0.2, 0.25) is 5.91 Å². The number of hydrogen-bond acceptors (Lipinski definition) is 2. The fraction of sp³-hybridized carbons (Fsp3) is 0.409. The topological polar surface area (TPSA) is 32.3 Å². The summed E-state index contributed by atoms with van der Waals surface area (Å²) in [5.41, 5.74) is 2.62. The van der Waals surface area contributed by atoms with Crippen molar-refractivity contribution in [1.82, 2.24) is 10.2 Å². The molecule has 1 aliphatic rings. The molecule has 1 amide bonds. The largest absolute Gasteiger partial charge is 0.340 e. The Morgan fingerprint density at radius 1 is 1.04 bits per heavy atom. The first kappa shape index (κ1) is 20.5. The Morgan fingerprint density at radius 2 is 1.58 bits per heavy atom. The summed E-state index contributed by atoms with van der Waals surface area (Å²) in [5, 5.41) is 3.41. The summed E-state index contributed by atoms with van der Waals surface area (Å²) in [6, 6.07) is 21.4. The molecule has 1 N–H and O–H groups in total. The van der Waals surface area contributed by atoms with Crippen molar-refractivity contribution in [2.75, 3.05) is 19.6 Å². The minimum atomic E-state index is 0. The quantitative estimate of drug-likeness (QED) is 0.838. The molecule has 0 spiro atoms. The van der Waals surface area contributed by atoms with Crippen LogP contribution in [0.1, 0.15) is 24.5 Å². The lowest BCUT2D eigenvalue weighted by Crippen LogP contribution is -2.51. The molecule has 1 heterocycles. The van der Waals surface area contributed by atoms with Crippen molar-refractivity contribution >= 4 is 18.3 Å². The maximum absolute atomic E-state index is 12.8. The van der Waals surface area contributed by atoms with Crippen LogP contribution in [-0.2, 0) is 17.6 Å². The monoisotopic (exact) mass is 372 g/mol. The highest BCUT2D eigenvalue weighted by Gasteiger charge is 2.23. The summed E-state index contributed by atoms with van der Waals surface area (Å²) < 4.78 is 0. The standard InChI is InChI=1S/C22H28N2O.ClH/c1-18-17-24(13-12-23-18)22(25)16-21(14-19-8-4-2-5-9-19)15-20-10-6-3-7-11-20;/h2-11,18,21,23H,12-17H2,1H3;1H. The second kappa shape index (κ2) is 10.3. The molecule has 1 atom stereocenters. The van der Waals surface area contributed by atoms with E-state index in [-0.39, 0.29) is 12.4 Å². The SMILES string of the molecule is CC1CN(C(=O)CC(Cc2ccccc2)Cc2ccccc2)CCN1.Cl. The molecule has 1 unspecified atom stereocenters. The van der Waals surface area contributed by atoms with E-state index in [1.165, 1.54) is 11.1 Å². The molecule has 3 nitrogen and oxygen atoms in total. The van der Waals surface area contributed by atoms with E-state index in [1.54, 1.807) is 0 Å². The molecule has 0 bridgehead atoms. The fourth-order valence-electron chi connectivity index (χ4n) is 3.65. The molecule has 0 aliphatic carbocycles. The third-order valence-corrected chi connectivity index (χ3v) is 4.92. The number of carbonyl (C=O) groups excluding carboxylic acids is 1. The molecule has 4 heteroatoms. The maximum atomic E-state index is 12.8. The van der Waals surface area contributed by atoms with Gasteiger partial charge < -0.3 is 10.2 Å². The number of nitrogens with one attached hydrogen (secondary N) is 1. The Labute approximate surface area is 163 Å². The lowest BCUT2D eigenvalue weighted by Gasteiger charge is -2.33. The van der Waals surface area contributed by atoms with Gasteiger partial charge in [-0.05, 0) is 36.8 Å². The van der Waals surface area contributed by atoms with Crippen LogP contribution in [0.3, 0.4) is 0 Å². The summed E-state index contributed by atoms with van der Waals surface area (Å²) >= 11 is 0. The van der Waals surface area contributed by atoms with E-state index in [0.717, 1.165) is 32.5 Å². The molecule has 1 saturated heterocycles. The smallest absolute Gasteiger partial charge is 0.222 e. The minimum Gasteiger partial charge on any atom is -0.340 e. The molecule has 1 aliphatic heterocycles. The Bertz CT molecular complexity index is 621. The molecule has 2 aromatic carbocycles. The average Bonchev–Trinajstić information content (AvgIpc) is 2.63. The van der Waals surface area contributed by atoms with Gasteiger partial charge in [-0.1, -0.05) is 60.7 Å². The lowest BCUT2D eigenvalue weighted by atomic mass is 9.89. The van der Waals surface area contributed by atoms with Crippen LogP contribution >= 0.6 is 12.4 Å². The molecule has 0 radical (unpaired) electrons. The van der Waals surface area contributed by atoms with E-state index < -0.39 is 0 Å². The molecule has 0 aromatic heterocycles. The van der Waals surface area contributed by atoms with Crippen molar-refractivity contribution < 1.29 is 4.79 Å². The normalized spacial score (nSPS) is 17.0. The Balaban J connectivity index is 0.00000243. The summed E-state index contributed by atoms with van der Waals surface area (Å²) in [6.45, 7) is 4.69. The lowest BCUT2D eigenvalue weighted by molar-refractivity contribution is -0.133. The third-order valence-electron chi connectivity index (χ3n) is 4.92. The number of halogens is 1. The molecule has 26 heavy (non-hydrogen) atoms. The number of piperazine rings is 1. The van der Waals surface area contributed by atoms with Crippen LogP contribution in [0.5, 0.6) is 0 Å². The van der Waals surface area contributed by atoms with Crippen molar-refractivity contribution in [3.05, 3.63) is 71.8 Å². The second-order valence-corrected chi connectivity index (χ2v) is 7.14. The van der Waals surface area contributed by atoms with Crippen molar-refractivity contribution in [2.24, 2.45) is 5.92 Å². The molecule has 3 rings (SSSR count). The summed E-state index contributed by atoms with van der Waals surface area (Å²) in [4.78, 5) is 14.9. The van der Waals surface area contributed by atoms with Crippen molar-refractivity contribution in [2.45, 2.75) is 32.2 Å². The van der Waals surface area contributed by atoms with E-state index in [2.05, 4.69) is 60.8 Å². The molecule has 1 fully saturated rings. The van der Waals surface area contributed by atoms with E-state index in [9.17, 15) is 4.79 Å². The van der Waals surface area contributed by atoms with Gasteiger partial charge in [-0.25, -0.2) is 0 Å². The van der Waals surface area contributed by atoms with Crippen molar-refractivity contribution in [3.8, 4) is 0 Å². The van der Waals surface area contributed by atoms with Gasteiger partial charge in [-0.2, -0.15) is 0 Å². The minimum absolute atomic E-state index is 0. The molecular formula is C22H29ClN2O. The zero-order valence-electron chi connectivity index (χ0n) is 15.4. The highest BCUT2D eigenvalue weighted by Crippen LogP contribution is 2.20. The highest BCUT2D eigenvalue weighted by molar-refractivity contribution is 5.85. The highest BCUT2D eigenvalue weighted by atomic mass is 35.5. The van der Waals surface area contributed by atoms with Crippen LogP contribution < -0.4 is 5.32 Å². The van der Waals surface area contributed by atoms with Crippen LogP contribution in [0.2, 0.25) is 0 Å². The van der Waals surface area contributed by atoms with Crippen molar-refractivity contribution in [1.29, 1.82) is 0 Å². The van der Waals surface area contributed by atoms with Gasteiger partial charge in [0.05, 0.1) is 0 Å². The van der Waals surface area contributed by atoms with Gasteiger partial charge in [0.25, 0.3) is 0 Å². The predicted octanol–water partition coefficient (Wildman–Crippen LogP) is 3.72. The van der Waals surface area contributed by atoms with Crippen LogP contribution in [0.4, 0.5) is 0 Å². The number of carbonyl (C=O) groups is 1. The average molecular weight is 373 g/mol. The number of hydrogen-bond donors (Lipinski definition) is 1. The first-order chi connectivity index (χ1) is 12.2. The Kier molecular flexibility index (Phi) is 8.14. The molecular weight excluding hydrogens is 344 g/mol. The van der Waals surface area contributed by atoms with Gasteiger partial charge in [0.15, 0.2) is 0 Å². The summed E-state index contributed by atoms with van der Waals surface area (Å²) in [6.07, 6.45) is 2.52. The first-order valence-electron chi connectivity index (χ1n) is 9.29. The van der Waals surface area contributed by atoms with Crippen molar-refractivity contribution in [3.63, 3.8) is 0 Å². The molecule has 0 saturated carbocycles. The number of rotatable bonds is 6. The van der Waals surface area contributed by atoms with Crippen LogP contribution in [0.25, 0.3) is 0 Å². The zero-order valence-corrected chi connectivity index (χ0v) is 16.3. The maximum Gasteiger partial charge on any atom is 0.222 e. The third kappa shape index (κ3) is 6.15. The van der Waals surface area contributed by atoms with Gasteiger partial charge in [0.1, 0.15) is 0 Å². The van der Waals surface area contributed by atoms with Gasteiger partial charge in [0, 0.05) is 32.1 Å². The van der Waals surface area contributed by atoms with E-state index >= 15 is 0 Å². The molecule has 2 aromatic rings. The van der Waals surface area contributed by atoms with E-state index in [1.807, 2.05) is 17.0 Å². The van der Waals surface area contributed by atoms with E-state index in [4.69, 9.17) is 0 Å². The van der Waals surface area contributed by atoms with Crippen LogP contribution in [0, 0.1) is 5.92 Å². The summed E-state index contributed by atoms with van der Waals surface area (Å²) in [7, 11) is 0. The van der Waals surface area contributed by atoms with Gasteiger partial charge >= 0.3 is 0 Å². The number of amides is 1. The van der Waals surface area contributed by atoms with Crippen LogP contribution in [0.15, 0.2) is 60.7 Å². The zero-order chi connectivity index (χ0) is 17.5. The molecule has 140 valence electrons. The van der Waals surface area contributed by atoms with Crippen LogP contribution in [-0.4, -0.2) is 36.5 Å². The Morgan fingerprint density at radius 3 is 2.08 bits per heavy atom. The van der Waals surface area contributed by atoms with E-state index in [0.29, 0.717) is 24.3 Å². The first-order valence-corrected chi connectivity index (χ1v) is 9.29. The number of nitrogens with zero attached hydrogens (tertiary/aromatic N) is 1. The number of benzene rings is 2. The fourth-order valence-corrected chi connectivity index (χ4v) is 3.65. The van der Waals surface area contributed by atoms with Gasteiger partial charge in [-0.3, -0.25) is 4.79 Å².